The average Bonchev–Trinajstić information content (AvgIpc) is 2.20. The number of carboxylic acids is 2. The van der Waals surface area contributed by atoms with Gasteiger partial charge in [-0.3, -0.25) is 0 Å². The maximum atomic E-state index is 9.66. The maximum Gasteiger partial charge on any atom is 0.342 e. The van der Waals surface area contributed by atoms with Crippen LogP contribution in [0.4, 0.5) is 0 Å². The second-order valence-corrected chi connectivity index (χ2v) is 2.24. The number of carboxylic acid groups (broad SMARTS) is 2. The van der Waals surface area contributed by atoms with E-state index in [0.29, 0.717) is 0 Å². The molecule has 0 amide bonds. The van der Waals surface area contributed by atoms with Gasteiger partial charge < -0.3 is 10.2 Å². The molecule has 1 aromatic carbocycles. The van der Waals surface area contributed by atoms with Crippen LogP contribution in [-0.4, -0.2) is 22.2 Å². The van der Waals surface area contributed by atoms with Crippen molar-refractivity contribution in [3.63, 3.8) is 0 Å². The molecule has 0 atom stereocenters. The van der Waals surface area contributed by atoms with E-state index in [-0.39, 0.29) is 0 Å². The summed E-state index contributed by atoms with van der Waals surface area (Å²) in [5.41, 5.74) is -0.815. The van der Waals surface area contributed by atoms with E-state index in [1.807, 2.05) is 36.4 Å². The molecule has 0 heterocycles. The highest BCUT2D eigenvalue weighted by atomic mass is 16.4. The molecule has 2 N–H and O–H groups in total. The van der Waals surface area contributed by atoms with Gasteiger partial charge in [-0.1, -0.05) is 43.0 Å². The van der Waals surface area contributed by atoms with Crippen LogP contribution in [-0.2, 0) is 9.59 Å². The fraction of sp³-hybridized carbons (Fsp3) is 0. The molecule has 4 heteroatoms. The van der Waals surface area contributed by atoms with Crippen LogP contribution in [0.3, 0.4) is 0 Å². The fourth-order valence-electron chi connectivity index (χ4n) is 0.476. The third-order valence-corrected chi connectivity index (χ3v) is 1.18. The number of rotatable bonds is 2. The third kappa shape index (κ3) is 5.54. The zero-order valence-corrected chi connectivity index (χ0v) is 7.38. The van der Waals surface area contributed by atoms with Crippen molar-refractivity contribution >= 4 is 11.9 Å². The average molecular weight is 194 g/mol. The quantitative estimate of drug-likeness (QED) is 0.424. The van der Waals surface area contributed by atoms with Crippen LogP contribution in [0, 0.1) is 0 Å². The molecular weight excluding hydrogens is 184 g/mol. The summed E-state index contributed by atoms with van der Waals surface area (Å²) in [5.74, 6) is -3.00. The maximum absolute atomic E-state index is 9.66. The summed E-state index contributed by atoms with van der Waals surface area (Å²) in [5, 5.41) is 15.7. The lowest BCUT2D eigenvalue weighted by atomic mass is 10.3. The van der Waals surface area contributed by atoms with Crippen LogP contribution in [0.15, 0.2) is 48.6 Å². The summed E-state index contributed by atoms with van der Waals surface area (Å²) in [7, 11) is 0. The zero-order chi connectivity index (χ0) is 11.0. The Morgan fingerprint density at radius 1 is 0.786 bits per heavy atom. The highest BCUT2D eigenvalue weighted by Crippen LogP contribution is 1.86. The van der Waals surface area contributed by atoms with E-state index in [2.05, 4.69) is 6.58 Å². The van der Waals surface area contributed by atoms with Gasteiger partial charge in [-0.05, 0) is 0 Å². The SMILES string of the molecule is C=C(C(=O)O)C(=O)O.c1ccccc1. The van der Waals surface area contributed by atoms with Crippen LogP contribution >= 0.6 is 0 Å². The zero-order valence-electron chi connectivity index (χ0n) is 7.38. The van der Waals surface area contributed by atoms with Crippen LogP contribution in [0.1, 0.15) is 0 Å². The standard InChI is InChI=1S/C6H6.C4H4O4/c1-2-4-6-5-3-1;1-2(3(5)6)4(7)8/h1-6H;1H2,(H,5,6)(H,7,8). The Hall–Kier alpha value is -2.10. The van der Waals surface area contributed by atoms with Gasteiger partial charge in [0.2, 0.25) is 0 Å². The molecule has 0 aliphatic heterocycles. The molecule has 0 aliphatic rings. The Kier molecular flexibility index (Phi) is 5.46. The van der Waals surface area contributed by atoms with Crippen LogP contribution in [0.5, 0.6) is 0 Å². The molecule has 74 valence electrons. The van der Waals surface area contributed by atoms with Gasteiger partial charge >= 0.3 is 11.9 Å². The molecule has 0 aliphatic carbocycles. The predicted octanol–water partition coefficient (Wildman–Crippen LogP) is 1.40. The van der Waals surface area contributed by atoms with E-state index in [4.69, 9.17) is 10.2 Å². The molecule has 0 bridgehead atoms. The summed E-state index contributed by atoms with van der Waals surface area (Å²) >= 11 is 0. The van der Waals surface area contributed by atoms with Gasteiger partial charge in [0.25, 0.3) is 0 Å². The van der Waals surface area contributed by atoms with Crippen molar-refractivity contribution in [3.05, 3.63) is 48.6 Å². The first-order valence-corrected chi connectivity index (χ1v) is 3.71. The van der Waals surface area contributed by atoms with E-state index >= 15 is 0 Å². The largest absolute Gasteiger partial charge is 0.477 e. The van der Waals surface area contributed by atoms with Crippen LogP contribution in [0.25, 0.3) is 0 Å². The Morgan fingerprint density at radius 3 is 1.07 bits per heavy atom. The Morgan fingerprint density at radius 2 is 1.00 bits per heavy atom. The number of aliphatic carboxylic acids is 2. The highest BCUT2D eigenvalue weighted by Gasteiger charge is 2.10. The predicted molar refractivity (Wildman–Crippen MR) is 50.9 cm³/mol. The Bertz CT molecular complexity index is 273. The van der Waals surface area contributed by atoms with E-state index < -0.39 is 17.5 Å². The molecule has 0 saturated carbocycles. The Labute approximate surface area is 81.1 Å². The highest BCUT2D eigenvalue weighted by molar-refractivity contribution is 6.11. The lowest BCUT2D eigenvalue weighted by Gasteiger charge is -1.86. The number of benzene rings is 1. The smallest absolute Gasteiger partial charge is 0.342 e. The van der Waals surface area contributed by atoms with Crippen molar-refractivity contribution in [2.24, 2.45) is 0 Å². The molecule has 0 spiro atoms. The van der Waals surface area contributed by atoms with Crippen LogP contribution < -0.4 is 0 Å². The number of hydrogen-bond acceptors (Lipinski definition) is 2. The fourth-order valence-corrected chi connectivity index (χ4v) is 0.476. The first kappa shape index (κ1) is 11.9. The van der Waals surface area contributed by atoms with Gasteiger partial charge in [0.05, 0.1) is 0 Å². The second-order valence-electron chi connectivity index (χ2n) is 2.24. The van der Waals surface area contributed by atoms with Gasteiger partial charge in [0, 0.05) is 0 Å². The van der Waals surface area contributed by atoms with E-state index in [0.717, 1.165) is 0 Å². The van der Waals surface area contributed by atoms with Gasteiger partial charge in [0.1, 0.15) is 5.57 Å². The minimum atomic E-state index is -1.50. The summed E-state index contributed by atoms with van der Waals surface area (Å²) in [6.45, 7) is 2.75. The first-order chi connectivity index (χ1) is 6.55. The topological polar surface area (TPSA) is 74.6 Å². The van der Waals surface area contributed by atoms with E-state index in [1.54, 1.807) is 0 Å². The molecule has 0 aromatic heterocycles. The van der Waals surface area contributed by atoms with Crippen molar-refractivity contribution < 1.29 is 19.8 Å². The van der Waals surface area contributed by atoms with Crippen molar-refractivity contribution in [2.45, 2.75) is 0 Å². The lowest BCUT2D eigenvalue weighted by Crippen LogP contribution is -2.08. The van der Waals surface area contributed by atoms with Gasteiger partial charge in [-0.25, -0.2) is 9.59 Å². The van der Waals surface area contributed by atoms with Crippen molar-refractivity contribution in [1.82, 2.24) is 0 Å². The summed E-state index contributed by atoms with van der Waals surface area (Å²) < 4.78 is 0. The van der Waals surface area contributed by atoms with Gasteiger partial charge in [-0.15, -0.1) is 0 Å². The molecule has 4 nitrogen and oxygen atoms in total. The first-order valence-electron chi connectivity index (χ1n) is 3.71. The van der Waals surface area contributed by atoms with E-state index in [1.165, 1.54) is 0 Å². The van der Waals surface area contributed by atoms with Crippen molar-refractivity contribution in [1.29, 1.82) is 0 Å². The minimum Gasteiger partial charge on any atom is -0.477 e. The molecule has 0 unspecified atom stereocenters. The van der Waals surface area contributed by atoms with Crippen molar-refractivity contribution in [3.8, 4) is 0 Å². The van der Waals surface area contributed by atoms with Gasteiger partial charge in [0.15, 0.2) is 0 Å². The molecule has 14 heavy (non-hydrogen) atoms. The molecule has 0 fully saturated rings. The molecule has 0 saturated heterocycles. The summed E-state index contributed by atoms with van der Waals surface area (Å²) in [6, 6.07) is 12.0. The van der Waals surface area contributed by atoms with Crippen molar-refractivity contribution in [2.75, 3.05) is 0 Å². The molecule has 0 radical (unpaired) electrons. The summed E-state index contributed by atoms with van der Waals surface area (Å²) in [6.07, 6.45) is 0. The second kappa shape index (κ2) is 6.42. The van der Waals surface area contributed by atoms with Gasteiger partial charge in [-0.2, -0.15) is 0 Å². The summed E-state index contributed by atoms with van der Waals surface area (Å²) in [4.78, 5) is 19.3. The van der Waals surface area contributed by atoms with Crippen LogP contribution in [0.2, 0.25) is 0 Å². The third-order valence-electron chi connectivity index (χ3n) is 1.18. The monoisotopic (exact) mass is 194 g/mol. The van der Waals surface area contributed by atoms with E-state index in [9.17, 15) is 9.59 Å². The lowest BCUT2D eigenvalue weighted by molar-refractivity contribution is -0.140. The minimum absolute atomic E-state index is 0.815. The Balaban J connectivity index is 0.000000249. The molecule has 1 aromatic rings. The molecular formula is C10H10O4. The number of carbonyl (C=O) groups is 2. The number of hydrogen-bond donors (Lipinski definition) is 2. The molecule has 1 rings (SSSR count). The normalized spacial score (nSPS) is 8.00.